The molecule has 2 heterocycles. The number of nitrogens with zero attached hydrogens (tertiary/aromatic N) is 4. The normalized spacial score (nSPS) is 15.7. The molecule has 1 aliphatic carbocycles. The minimum Gasteiger partial charge on any atom is -0.378 e. The number of piperazine rings is 1. The molecule has 2 aliphatic rings. The molecular weight excluding hydrogens is 477 g/mol. The number of methoxy groups -OCH3 is 1. The van der Waals surface area contributed by atoms with Crippen molar-refractivity contribution in [3.8, 4) is 0 Å². The number of anilines is 2. The van der Waals surface area contributed by atoms with Crippen LogP contribution in [0.2, 0.25) is 0 Å². The number of hydrogen-bond acceptors (Lipinski definition) is 7. The van der Waals surface area contributed by atoms with E-state index in [1.165, 1.54) is 6.07 Å². The van der Waals surface area contributed by atoms with Crippen molar-refractivity contribution in [1.82, 2.24) is 15.3 Å². The van der Waals surface area contributed by atoms with E-state index in [4.69, 9.17) is 9.72 Å². The highest BCUT2D eigenvalue weighted by Gasteiger charge is 2.24. The summed E-state index contributed by atoms with van der Waals surface area (Å²) in [6, 6.07) is 16.9. The smallest absolute Gasteiger partial charge is 0.251 e. The second-order valence-corrected chi connectivity index (χ2v) is 10.0. The number of thioether (sulfide) groups is 1. The molecular formula is C27H30FN5O2S. The Hall–Kier alpha value is -3.17. The second kappa shape index (κ2) is 11.3. The van der Waals surface area contributed by atoms with Crippen molar-refractivity contribution in [2.45, 2.75) is 36.4 Å². The lowest BCUT2D eigenvalue weighted by molar-refractivity contribution is 0.0951. The highest BCUT2D eigenvalue weighted by Crippen LogP contribution is 2.26. The topological polar surface area (TPSA) is 70.6 Å². The molecule has 0 radical (unpaired) electrons. The number of carbonyl (C=O) groups excluding carboxylic acids is 1. The molecule has 36 heavy (non-hydrogen) atoms. The molecule has 1 saturated heterocycles. The molecule has 1 saturated carbocycles. The van der Waals surface area contributed by atoms with Gasteiger partial charge in [-0.3, -0.25) is 4.79 Å². The van der Waals surface area contributed by atoms with Crippen LogP contribution >= 0.6 is 11.8 Å². The van der Waals surface area contributed by atoms with Crippen molar-refractivity contribution in [2.24, 2.45) is 0 Å². The van der Waals surface area contributed by atoms with Crippen molar-refractivity contribution in [1.29, 1.82) is 0 Å². The van der Waals surface area contributed by atoms with Crippen LogP contribution in [0, 0.1) is 5.82 Å². The number of rotatable bonds is 9. The Morgan fingerprint density at radius 2 is 1.83 bits per heavy atom. The summed E-state index contributed by atoms with van der Waals surface area (Å²) in [7, 11) is 1.65. The summed E-state index contributed by atoms with van der Waals surface area (Å²) in [6.07, 6.45) is 2.13. The van der Waals surface area contributed by atoms with Gasteiger partial charge >= 0.3 is 0 Å². The van der Waals surface area contributed by atoms with E-state index < -0.39 is 0 Å². The van der Waals surface area contributed by atoms with E-state index >= 15 is 0 Å². The lowest BCUT2D eigenvalue weighted by Crippen LogP contribution is -2.47. The van der Waals surface area contributed by atoms with E-state index in [1.54, 1.807) is 24.9 Å². The maximum atomic E-state index is 14.2. The lowest BCUT2D eigenvalue weighted by atomic mass is 10.1. The maximum absolute atomic E-state index is 14.2. The molecule has 5 rings (SSSR count). The monoisotopic (exact) mass is 507 g/mol. The number of carbonyl (C=O) groups is 1. The summed E-state index contributed by atoms with van der Waals surface area (Å²) in [5.41, 5.74) is 3.19. The summed E-state index contributed by atoms with van der Waals surface area (Å²) >= 11 is 1.54. The van der Waals surface area contributed by atoms with Gasteiger partial charge in [0.05, 0.1) is 18.0 Å². The molecule has 2 aromatic carbocycles. The minimum atomic E-state index is -0.192. The van der Waals surface area contributed by atoms with E-state index in [0.717, 1.165) is 43.0 Å². The van der Waals surface area contributed by atoms with Crippen LogP contribution in [0.5, 0.6) is 0 Å². The zero-order chi connectivity index (χ0) is 24.9. The van der Waals surface area contributed by atoms with Crippen LogP contribution in [-0.4, -0.2) is 55.2 Å². The standard InChI is InChI=1S/C27H30FN5O2S/c1-35-17-22-16-25(33-13-11-32(12-14-33)24-8-3-2-7-23(24)28)31-27(30-22)36-18-19-5-4-6-20(15-19)26(34)29-21-9-10-21/h2-8,15-16,21H,9-14,17-18H2,1H3,(H,29,34). The number of halogens is 1. The summed E-state index contributed by atoms with van der Waals surface area (Å²) < 4.78 is 19.6. The molecule has 1 aliphatic heterocycles. The van der Waals surface area contributed by atoms with Gasteiger partial charge in [0, 0.05) is 56.7 Å². The van der Waals surface area contributed by atoms with Gasteiger partial charge in [0.15, 0.2) is 5.16 Å². The maximum Gasteiger partial charge on any atom is 0.251 e. The summed E-state index contributed by atoms with van der Waals surface area (Å²) in [5, 5.41) is 3.71. The Labute approximate surface area is 215 Å². The van der Waals surface area contributed by atoms with E-state index in [9.17, 15) is 9.18 Å². The fourth-order valence-corrected chi connectivity index (χ4v) is 5.05. The predicted octanol–water partition coefficient (Wildman–Crippen LogP) is 4.27. The first-order valence-corrected chi connectivity index (χ1v) is 13.2. The molecule has 1 N–H and O–H groups in total. The van der Waals surface area contributed by atoms with Crippen LogP contribution in [0.25, 0.3) is 0 Å². The van der Waals surface area contributed by atoms with Gasteiger partial charge in [-0.15, -0.1) is 0 Å². The Morgan fingerprint density at radius 1 is 1.06 bits per heavy atom. The first-order chi connectivity index (χ1) is 17.6. The van der Waals surface area contributed by atoms with Gasteiger partial charge in [0.2, 0.25) is 0 Å². The molecule has 9 heteroatoms. The van der Waals surface area contributed by atoms with Crippen LogP contribution in [0.4, 0.5) is 15.9 Å². The van der Waals surface area contributed by atoms with Crippen LogP contribution in [0.1, 0.15) is 34.5 Å². The van der Waals surface area contributed by atoms with Crippen molar-refractivity contribution in [2.75, 3.05) is 43.1 Å². The highest BCUT2D eigenvalue weighted by molar-refractivity contribution is 7.98. The number of hydrogen-bond donors (Lipinski definition) is 1. The van der Waals surface area contributed by atoms with Crippen molar-refractivity contribution in [3.63, 3.8) is 0 Å². The quantitative estimate of drug-likeness (QED) is 0.343. The van der Waals surface area contributed by atoms with E-state index in [2.05, 4.69) is 20.1 Å². The highest BCUT2D eigenvalue weighted by atomic mass is 32.2. The van der Waals surface area contributed by atoms with Gasteiger partial charge in [-0.05, 0) is 42.7 Å². The van der Waals surface area contributed by atoms with Crippen molar-refractivity contribution < 1.29 is 13.9 Å². The third kappa shape index (κ3) is 6.14. The molecule has 0 spiro atoms. The van der Waals surface area contributed by atoms with Gasteiger partial charge in [-0.25, -0.2) is 14.4 Å². The van der Waals surface area contributed by atoms with Gasteiger partial charge in [0.25, 0.3) is 5.91 Å². The molecule has 0 bridgehead atoms. The largest absolute Gasteiger partial charge is 0.378 e. The van der Waals surface area contributed by atoms with Crippen LogP contribution in [0.15, 0.2) is 59.8 Å². The number of nitrogens with one attached hydrogen (secondary N) is 1. The third-order valence-corrected chi connectivity index (χ3v) is 7.22. The zero-order valence-corrected chi connectivity index (χ0v) is 21.1. The molecule has 3 aromatic rings. The zero-order valence-electron chi connectivity index (χ0n) is 20.3. The Morgan fingerprint density at radius 3 is 2.58 bits per heavy atom. The van der Waals surface area contributed by atoms with Crippen LogP contribution in [0.3, 0.4) is 0 Å². The second-order valence-electron chi connectivity index (χ2n) is 9.10. The fourth-order valence-electron chi connectivity index (χ4n) is 4.24. The van der Waals surface area contributed by atoms with E-state index in [1.807, 2.05) is 42.5 Å². The number of ether oxygens (including phenoxy) is 1. The van der Waals surface area contributed by atoms with Gasteiger partial charge < -0.3 is 19.9 Å². The average molecular weight is 508 g/mol. The van der Waals surface area contributed by atoms with Gasteiger partial charge in [0.1, 0.15) is 11.6 Å². The Bertz CT molecular complexity index is 1210. The van der Waals surface area contributed by atoms with Crippen molar-refractivity contribution in [3.05, 3.63) is 77.2 Å². The van der Waals surface area contributed by atoms with Gasteiger partial charge in [-0.2, -0.15) is 0 Å². The summed E-state index contributed by atoms with van der Waals surface area (Å²) in [6.45, 7) is 3.29. The number of para-hydroxylation sites is 1. The number of amides is 1. The van der Waals surface area contributed by atoms with Crippen LogP contribution < -0.4 is 15.1 Å². The molecule has 1 amide bonds. The summed E-state index contributed by atoms with van der Waals surface area (Å²) in [4.78, 5) is 26.2. The van der Waals surface area contributed by atoms with Crippen molar-refractivity contribution >= 4 is 29.2 Å². The first-order valence-electron chi connectivity index (χ1n) is 12.2. The Kier molecular flexibility index (Phi) is 7.67. The first kappa shape index (κ1) is 24.5. The lowest BCUT2D eigenvalue weighted by Gasteiger charge is -2.37. The molecule has 7 nitrogen and oxygen atoms in total. The average Bonchev–Trinajstić information content (AvgIpc) is 3.72. The molecule has 0 atom stereocenters. The molecule has 0 unspecified atom stereocenters. The van der Waals surface area contributed by atoms with Gasteiger partial charge in [-0.1, -0.05) is 36.0 Å². The Balaban J connectivity index is 1.25. The minimum absolute atomic E-state index is 0.0143. The molecule has 1 aromatic heterocycles. The number of aromatic nitrogens is 2. The fraction of sp³-hybridized carbons (Fsp3) is 0.370. The molecule has 2 fully saturated rings. The van der Waals surface area contributed by atoms with E-state index in [0.29, 0.717) is 47.9 Å². The summed E-state index contributed by atoms with van der Waals surface area (Å²) in [5.74, 6) is 1.30. The van der Waals surface area contributed by atoms with Crippen LogP contribution in [-0.2, 0) is 17.1 Å². The third-order valence-electron chi connectivity index (χ3n) is 6.30. The molecule has 188 valence electrons. The SMILES string of the molecule is COCc1cc(N2CCN(c3ccccc3F)CC2)nc(SCc2cccc(C(=O)NC3CC3)c2)n1. The van der Waals surface area contributed by atoms with E-state index in [-0.39, 0.29) is 11.7 Å². The predicted molar refractivity (Wildman–Crippen MR) is 140 cm³/mol. The number of benzene rings is 2.